The molecule has 0 saturated carbocycles. The van der Waals surface area contributed by atoms with Crippen LogP contribution >= 0.6 is 0 Å². The van der Waals surface area contributed by atoms with Crippen molar-refractivity contribution >= 4 is 0 Å². The van der Waals surface area contributed by atoms with Crippen LogP contribution < -0.4 is 0 Å². The van der Waals surface area contributed by atoms with Gasteiger partial charge in [-0.3, -0.25) is 0 Å². The van der Waals surface area contributed by atoms with Crippen molar-refractivity contribution in [2.75, 3.05) is 0 Å². The van der Waals surface area contributed by atoms with Gasteiger partial charge in [-0.25, -0.2) is 0 Å². The molecule has 39 valence electrons. The van der Waals surface area contributed by atoms with Gasteiger partial charge < -0.3 is 0 Å². The second-order valence-electron chi connectivity index (χ2n) is 0.861. The Bertz CT molecular complexity index is 94.3. The van der Waals surface area contributed by atoms with E-state index in [2.05, 4.69) is 26.7 Å². The zero-order valence-electron chi connectivity index (χ0n) is 3.82. The fourth-order valence-electron chi connectivity index (χ4n) is 0.159. The van der Waals surface area contributed by atoms with Gasteiger partial charge in [-0.1, -0.05) is 0 Å². The van der Waals surface area contributed by atoms with Crippen LogP contribution in [0.2, 0.25) is 0 Å². The third-order valence-corrected chi connectivity index (χ3v) is 0.551. The maximum absolute atomic E-state index is 3.46. The van der Waals surface area contributed by atoms with E-state index in [1.807, 2.05) is 0 Å². The van der Waals surface area contributed by atoms with Crippen LogP contribution in [0.15, 0.2) is 28.4 Å². The van der Waals surface area contributed by atoms with Crippen LogP contribution in [0.4, 0.5) is 0 Å². The maximum atomic E-state index is 3.46. The summed E-state index contributed by atoms with van der Waals surface area (Å²) in [5.74, 6) is 0. The van der Waals surface area contributed by atoms with Crippen molar-refractivity contribution in [1.82, 2.24) is 0 Å². The Morgan fingerprint density at radius 3 is 2.57 bits per heavy atom. The molecule has 0 aliphatic rings. The zero-order chi connectivity index (χ0) is 5.54. The summed E-state index contributed by atoms with van der Waals surface area (Å²) in [6, 6.07) is 0. The van der Waals surface area contributed by atoms with Crippen molar-refractivity contribution in [2.24, 2.45) is 3.96 Å². The fraction of sp³-hybridized carbons (Fsp3) is 0. The quantitative estimate of drug-likeness (QED) is 0.310. The van der Waals surface area contributed by atoms with Gasteiger partial charge in [-0.05, 0) is 0 Å². The number of hydrogen-bond acceptors (Lipinski definition) is 1. The molecule has 0 rings (SSSR count). The van der Waals surface area contributed by atoms with Crippen LogP contribution in [0.25, 0.3) is 0 Å². The van der Waals surface area contributed by atoms with E-state index in [0.717, 1.165) is 0 Å². The molecule has 2 heteroatoms. The van der Waals surface area contributed by atoms with Gasteiger partial charge in [-0.15, -0.1) is 0 Å². The summed E-state index contributed by atoms with van der Waals surface area (Å²) in [4.78, 5) is 0. The Morgan fingerprint density at radius 1 is 1.43 bits per heavy atom. The second kappa shape index (κ2) is 5.67. The molecule has 0 heterocycles. The summed E-state index contributed by atoms with van der Waals surface area (Å²) in [5, 5.41) is 0. The van der Waals surface area contributed by atoms with E-state index in [9.17, 15) is 0 Å². The molecular weight excluding hydrogens is 130 g/mol. The van der Waals surface area contributed by atoms with Crippen molar-refractivity contribution in [1.29, 1.82) is 0 Å². The molecule has 7 heavy (non-hydrogen) atoms. The molecule has 0 aliphatic carbocycles. The Hall–Kier alpha value is -0.331. The molecule has 0 unspecified atom stereocenters. The number of rotatable bonds is 2. The van der Waals surface area contributed by atoms with E-state index in [1.165, 1.54) is 0 Å². The van der Waals surface area contributed by atoms with E-state index < -0.39 is 0 Å². The van der Waals surface area contributed by atoms with Crippen molar-refractivity contribution < 1.29 is 15.8 Å². The summed E-state index contributed by atoms with van der Waals surface area (Å²) in [6.45, 7) is 3.46. The van der Waals surface area contributed by atoms with Gasteiger partial charge >= 0.3 is 51.1 Å². The van der Waals surface area contributed by atoms with Crippen molar-refractivity contribution in [3.05, 3.63) is 31.4 Å². The minimum absolute atomic E-state index is 1.60. The summed E-state index contributed by atoms with van der Waals surface area (Å²) < 4.78 is 3.46. The average Bonchev–Trinajstić information content (AvgIpc) is 1.69. The Balaban J connectivity index is 3.27. The summed E-state index contributed by atoms with van der Waals surface area (Å²) in [5.41, 5.74) is 0. The Kier molecular flexibility index (Phi) is 5.40. The van der Waals surface area contributed by atoms with Crippen LogP contribution in [0.5, 0.6) is 0 Å². The summed E-state index contributed by atoms with van der Waals surface area (Å²) in [6.07, 6.45) is 6.83. The van der Waals surface area contributed by atoms with Crippen LogP contribution in [-0.4, -0.2) is 0 Å². The van der Waals surface area contributed by atoms with E-state index >= 15 is 0 Å². The molecule has 0 N–H and O–H groups in total. The SMILES string of the molecule is [CH2-]/C=C\C=C/[N]=[Fe+]. The monoisotopic (exact) mass is 136 g/mol. The molecule has 0 amide bonds. The van der Waals surface area contributed by atoms with E-state index in [1.54, 1.807) is 24.4 Å². The second-order valence-corrected chi connectivity index (χ2v) is 1.15. The standard InChI is InChI=1S/C5H6N.Fe/c1-2-3-4-5-6;/h2-5H,1H2;/q-1;+1/b3-2-,5-4-;. The van der Waals surface area contributed by atoms with Gasteiger partial charge in [0, 0.05) is 0 Å². The number of hydrogen-bond donors (Lipinski definition) is 0. The topological polar surface area (TPSA) is 12.4 Å². The predicted molar refractivity (Wildman–Crippen MR) is 26.1 cm³/mol. The predicted octanol–water partition coefficient (Wildman–Crippen LogP) is 1.62. The van der Waals surface area contributed by atoms with Crippen LogP contribution in [-0.2, 0) is 15.8 Å². The molecule has 0 saturated heterocycles. The molecule has 0 atom stereocenters. The Morgan fingerprint density at radius 2 is 2.14 bits per heavy atom. The van der Waals surface area contributed by atoms with E-state index in [4.69, 9.17) is 0 Å². The Labute approximate surface area is 51.7 Å². The number of nitrogens with zero attached hydrogens (tertiary/aromatic N) is 1. The third-order valence-electron chi connectivity index (χ3n) is 0.386. The third kappa shape index (κ3) is 5.67. The van der Waals surface area contributed by atoms with Crippen LogP contribution in [0, 0.1) is 6.92 Å². The van der Waals surface area contributed by atoms with Gasteiger partial charge in [0.05, 0.1) is 0 Å². The van der Waals surface area contributed by atoms with Gasteiger partial charge in [0.15, 0.2) is 0 Å². The summed E-state index contributed by atoms with van der Waals surface area (Å²) in [7, 11) is 0. The molecule has 0 bridgehead atoms. The summed E-state index contributed by atoms with van der Waals surface area (Å²) >= 11 is 3.24. The molecule has 0 radical (unpaired) electrons. The molecule has 0 aromatic carbocycles. The van der Waals surface area contributed by atoms with Crippen molar-refractivity contribution in [3.63, 3.8) is 0 Å². The first-order valence-corrected chi connectivity index (χ1v) is 2.32. The molecule has 1 nitrogen and oxygen atoms in total. The molecule has 0 aromatic rings. The normalized spacial score (nSPS) is 10.9. The molecule has 0 aliphatic heterocycles. The van der Waals surface area contributed by atoms with Gasteiger partial charge in [0.2, 0.25) is 0 Å². The van der Waals surface area contributed by atoms with Crippen molar-refractivity contribution in [3.8, 4) is 0 Å². The van der Waals surface area contributed by atoms with Gasteiger partial charge in [-0.2, -0.15) is 0 Å². The molecule has 0 spiro atoms. The number of allylic oxidation sites excluding steroid dienone is 3. The molecule has 0 fully saturated rings. The van der Waals surface area contributed by atoms with E-state index in [-0.39, 0.29) is 0 Å². The van der Waals surface area contributed by atoms with E-state index in [0.29, 0.717) is 0 Å². The fourth-order valence-corrected chi connectivity index (χ4v) is 0.254. The molecule has 0 aromatic heterocycles. The van der Waals surface area contributed by atoms with Crippen molar-refractivity contribution in [2.45, 2.75) is 0 Å². The first-order chi connectivity index (χ1) is 3.41. The molecular formula is C5H6FeN. The van der Waals surface area contributed by atoms with Crippen LogP contribution in [0.3, 0.4) is 0 Å². The van der Waals surface area contributed by atoms with Gasteiger partial charge in [0.25, 0.3) is 0 Å². The first-order valence-electron chi connectivity index (χ1n) is 1.82. The first kappa shape index (κ1) is 6.67. The zero-order valence-corrected chi connectivity index (χ0v) is 4.92. The average molecular weight is 136 g/mol. The van der Waals surface area contributed by atoms with Gasteiger partial charge in [0.1, 0.15) is 0 Å². The minimum atomic E-state index is 1.60. The van der Waals surface area contributed by atoms with Crippen LogP contribution in [0.1, 0.15) is 0 Å².